The van der Waals surface area contributed by atoms with Gasteiger partial charge >= 0.3 is 11.8 Å². The molecule has 3 aromatic carbocycles. The second-order valence-electron chi connectivity index (χ2n) is 18.4. The molecule has 4 aliphatic heterocycles. The van der Waals surface area contributed by atoms with E-state index in [0.717, 1.165) is 18.2 Å². The van der Waals surface area contributed by atoms with Gasteiger partial charge in [-0.25, -0.2) is 5.43 Å². The molecule has 5 bridgehead atoms. The van der Waals surface area contributed by atoms with E-state index in [1.54, 1.807) is 45.9 Å². The van der Waals surface area contributed by atoms with Gasteiger partial charge in [-0.05, 0) is 32.1 Å². The van der Waals surface area contributed by atoms with Crippen LogP contribution in [0.1, 0.15) is 70.0 Å². The number of Topliss-reactive ketones (excluding diaryl/α,β-unsaturated/α-hetero) is 1. The van der Waals surface area contributed by atoms with Gasteiger partial charge in [0, 0.05) is 105 Å². The van der Waals surface area contributed by atoms with E-state index >= 15 is 0 Å². The maximum Gasteiger partial charge on any atom is 0.312 e. The molecule has 7 rings (SSSR count). The predicted molar refractivity (Wildman–Crippen MR) is 261 cm³/mol. The van der Waals surface area contributed by atoms with Crippen molar-refractivity contribution in [2.75, 3.05) is 50.1 Å². The van der Waals surface area contributed by atoms with Crippen LogP contribution in [-0.2, 0) is 28.6 Å². The molecule has 1 fully saturated rings. The number of hydrogen-bond acceptors (Lipinski definition) is 18. The molecule has 0 aliphatic carbocycles. The summed E-state index contributed by atoms with van der Waals surface area (Å²) < 4.78 is 23.6. The number of nitrogens with zero attached hydrogens (tertiary/aromatic N) is 4. The van der Waals surface area contributed by atoms with Gasteiger partial charge in [-0.3, -0.25) is 34.2 Å². The molecule has 4 aliphatic rings. The molecule has 4 heterocycles. The van der Waals surface area contributed by atoms with Gasteiger partial charge in [-0.2, -0.15) is 5.10 Å². The molecular weight excluding hydrogens is 925 g/mol. The number of allylic oxidation sites excluding steroid dienone is 2. The molecule has 0 radical (unpaired) electrons. The molecule has 9 atom stereocenters. The number of carbonyl (C=O) groups excluding carboxylic acids is 4. The van der Waals surface area contributed by atoms with Gasteiger partial charge < -0.3 is 54.7 Å². The van der Waals surface area contributed by atoms with Crippen molar-refractivity contribution < 1.29 is 68.6 Å². The summed E-state index contributed by atoms with van der Waals surface area (Å²) in [6, 6.07) is 6.19. The molecule has 0 spiro atoms. The van der Waals surface area contributed by atoms with E-state index in [-0.39, 0.29) is 45.6 Å². The quantitative estimate of drug-likeness (QED) is 0.0393. The molecule has 71 heavy (non-hydrogen) atoms. The fourth-order valence-electron chi connectivity index (χ4n) is 9.23. The molecule has 0 saturated carbocycles. The van der Waals surface area contributed by atoms with Gasteiger partial charge in [0.05, 0.1) is 64.5 Å². The molecule has 382 valence electrons. The summed E-state index contributed by atoms with van der Waals surface area (Å²) in [6.07, 6.45) is 4.07. The minimum absolute atomic E-state index is 0.0238. The number of nitro groups is 1. The number of nitro benzene ring substituents is 1. The van der Waals surface area contributed by atoms with Crippen LogP contribution in [0.15, 0.2) is 65.5 Å². The second kappa shape index (κ2) is 21.9. The summed E-state index contributed by atoms with van der Waals surface area (Å²) >= 11 is 0. The highest BCUT2D eigenvalue weighted by Gasteiger charge is 2.50. The summed E-state index contributed by atoms with van der Waals surface area (Å²) in [4.78, 5) is 68.6. The molecule has 7 N–H and O–H groups in total. The number of aromatic hydroxyl groups is 3. The van der Waals surface area contributed by atoms with Gasteiger partial charge in [-0.15, -0.1) is 0 Å². The average Bonchev–Trinajstić information content (AvgIpc) is 3.60. The Labute approximate surface area is 410 Å². The minimum Gasteiger partial charge on any atom is -0.507 e. The first kappa shape index (κ1) is 53.3. The van der Waals surface area contributed by atoms with Crippen LogP contribution >= 0.6 is 0 Å². The van der Waals surface area contributed by atoms with Crippen LogP contribution in [0.5, 0.6) is 23.0 Å². The standard InChI is InChI=1S/C50H62N6O15/c1-25-11-10-12-26(2)49(65)52-40-34(23-51-53-36(58)24-54-18-20-55(21-19-54)32-13-15-33(16-14-32)56(66)67)44(62)37-38(45(40)63)43(61)30(6)47-39(37)48(64)50(8,71-47)69-22-17-35(68-9)27(3)46(70-31(7)57)29(5)42(60)28(4)41(25)59/h10-17,22-23,25,27-29,35,41-42,46,59-63H,18-21,24H2,1-9H3,(H,52,65)(H,53,58)/b11-10+,22-17+,26-12-,51-23+/t25-,27+,28+,29+,35-,41-,42+,46+,50-/m0/s1. The Kier molecular flexibility index (Phi) is 16.5. The smallest absolute Gasteiger partial charge is 0.312 e. The van der Waals surface area contributed by atoms with E-state index in [1.165, 1.54) is 65.2 Å². The van der Waals surface area contributed by atoms with Crippen LogP contribution in [-0.4, -0.2) is 135 Å². The molecule has 0 aromatic heterocycles. The zero-order valence-corrected chi connectivity index (χ0v) is 41.0. The fraction of sp³-hybridized carbons (Fsp3) is 0.460. The number of phenolic OH excluding ortho intramolecular Hbond substituents is 3. The van der Waals surface area contributed by atoms with Crippen LogP contribution in [0.25, 0.3) is 10.8 Å². The molecule has 0 unspecified atom stereocenters. The highest BCUT2D eigenvalue weighted by Crippen LogP contribution is 2.55. The number of aliphatic hydroxyl groups excluding tert-OH is 2. The first-order valence-corrected chi connectivity index (χ1v) is 23.1. The third kappa shape index (κ3) is 11.1. The lowest BCUT2D eigenvalue weighted by Crippen LogP contribution is -2.49. The number of carbonyl (C=O) groups is 4. The number of benzene rings is 3. The molecule has 2 amide bonds. The number of methoxy groups -OCH3 is 1. The molecular formula is C50H62N6O15. The summed E-state index contributed by atoms with van der Waals surface area (Å²) in [5.41, 5.74) is 2.12. The van der Waals surface area contributed by atoms with E-state index in [9.17, 15) is 54.8 Å². The number of hydrazone groups is 1. The fourth-order valence-corrected chi connectivity index (χ4v) is 9.23. The van der Waals surface area contributed by atoms with Crippen molar-refractivity contribution in [3.05, 3.63) is 87.2 Å². The largest absolute Gasteiger partial charge is 0.507 e. The third-order valence-electron chi connectivity index (χ3n) is 13.6. The number of amides is 2. The summed E-state index contributed by atoms with van der Waals surface area (Å²) in [5.74, 6) is -9.94. The minimum atomic E-state index is -2.14. The van der Waals surface area contributed by atoms with Crippen LogP contribution < -0.4 is 20.4 Å². The van der Waals surface area contributed by atoms with E-state index in [0.29, 0.717) is 26.2 Å². The van der Waals surface area contributed by atoms with Gasteiger partial charge in [0.2, 0.25) is 0 Å². The van der Waals surface area contributed by atoms with Crippen LogP contribution in [0, 0.1) is 40.7 Å². The molecule has 21 nitrogen and oxygen atoms in total. The van der Waals surface area contributed by atoms with Crippen molar-refractivity contribution in [1.29, 1.82) is 0 Å². The van der Waals surface area contributed by atoms with Gasteiger partial charge in [-0.1, -0.05) is 45.9 Å². The van der Waals surface area contributed by atoms with Crippen molar-refractivity contribution >= 4 is 57.6 Å². The Morgan fingerprint density at radius 2 is 1.62 bits per heavy atom. The van der Waals surface area contributed by atoms with Crippen LogP contribution in [0.4, 0.5) is 17.1 Å². The number of fused-ring (bicyclic) bond motifs is 14. The van der Waals surface area contributed by atoms with Crippen molar-refractivity contribution in [1.82, 2.24) is 10.3 Å². The van der Waals surface area contributed by atoms with Gasteiger partial charge in [0.25, 0.3) is 23.3 Å². The molecule has 1 saturated heterocycles. The SMILES string of the molecule is CO[C@H]1/C=C/O[C@@]2(C)Oc3c(C)c(O)c4c(O)c(c(/C=N/NC(=O)CN5CCN(c6ccc([N+](=O)[O-])cc6)CC5)c(O)c4c3C2=O)NC(=O)/C(C)=C\C=C\[C@H](C)[C@H](O)[C@@H](C)[C@@H](O)[C@@H](C)[C@H](OC(C)=O)[C@@H]1C. The average molecular weight is 987 g/mol. The third-order valence-corrected chi connectivity index (χ3v) is 13.6. The Morgan fingerprint density at radius 1 is 0.958 bits per heavy atom. The lowest BCUT2D eigenvalue weighted by Gasteiger charge is -2.38. The Balaban J connectivity index is 1.38. The van der Waals surface area contributed by atoms with E-state index < -0.39 is 111 Å². The number of piperazine rings is 1. The van der Waals surface area contributed by atoms with E-state index in [2.05, 4.69) is 15.8 Å². The summed E-state index contributed by atoms with van der Waals surface area (Å²) in [7, 11) is 1.41. The number of ketones is 1. The maximum absolute atomic E-state index is 14.5. The lowest BCUT2D eigenvalue weighted by molar-refractivity contribution is -0.384. The van der Waals surface area contributed by atoms with Crippen molar-refractivity contribution in [2.45, 2.75) is 85.6 Å². The number of hydrogen-bond donors (Lipinski definition) is 7. The summed E-state index contributed by atoms with van der Waals surface area (Å²) in [5, 5.41) is 75.7. The van der Waals surface area contributed by atoms with Crippen molar-refractivity contribution in [2.24, 2.45) is 28.8 Å². The Bertz CT molecular complexity index is 2680. The first-order valence-electron chi connectivity index (χ1n) is 23.1. The molecule has 21 heteroatoms. The van der Waals surface area contributed by atoms with E-state index in [1.807, 2.05) is 9.80 Å². The van der Waals surface area contributed by atoms with Gasteiger partial charge in [0.15, 0.2) is 5.75 Å². The number of rotatable bonds is 8. The van der Waals surface area contributed by atoms with Gasteiger partial charge in [0.1, 0.15) is 23.4 Å². The van der Waals surface area contributed by atoms with Crippen LogP contribution in [0.3, 0.4) is 0 Å². The number of nitrogens with one attached hydrogen (secondary N) is 2. The number of esters is 1. The number of phenols is 3. The number of aliphatic hydroxyl groups is 2. The second-order valence-corrected chi connectivity index (χ2v) is 18.4. The monoisotopic (exact) mass is 986 g/mol. The number of ether oxygens (including phenoxy) is 4. The first-order chi connectivity index (χ1) is 33.5. The number of anilines is 2. The molecule has 3 aromatic rings. The highest BCUT2D eigenvalue weighted by molar-refractivity contribution is 6.24. The Hall–Kier alpha value is -7.07. The Morgan fingerprint density at radius 3 is 2.24 bits per heavy atom. The highest BCUT2D eigenvalue weighted by atomic mass is 16.7. The normalized spacial score (nSPS) is 28.4. The van der Waals surface area contributed by atoms with E-state index in [4.69, 9.17) is 18.9 Å². The topological polar surface area (TPSA) is 292 Å². The van der Waals surface area contributed by atoms with Crippen molar-refractivity contribution in [3.8, 4) is 23.0 Å². The van der Waals surface area contributed by atoms with Crippen molar-refractivity contribution in [3.63, 3.8) is 0 Å². The number of non-ortho nitro benzene ring substituents is 1. The predicted octanol–water partition coefficient (Wildman–Crippen LogP) is 4.93. The zero-order valence-electron chi connectivity index (χ0n) is 41.0. The lowest BCUT2D eigenvalue weighted by atomic mass is 9.78. The maximum atomic E-state index is 14.5. The summed E-state index contributed by atoms with van der Waals surface area (Å²) in [6.45, 7) is 14.1. The zero-order chi connectivity index (χ0) is 52.2. The van der Waals surface area contributed by atoms with Crippen LogP contribution in [0.2, 0.25) is 0 Å².